The number of fused-ring (bicyclic) bond motifs is 2. The van der Waals surface area contributed by atoms with Gasteiger partial charge in [-0.25, -0.2) is 0 Å². The number of benzene rings is 2. The number of hydrogen-bond acceptors (Lipinski definition) is 1. The van der Waals surface area contributed by atoms with Crippen LogP contribution >= 0.6 is 0 Å². The first-order chi connectivity index (χ1) is 13.7. The minimum Gasteiger partial charge on any atom is -1.00 e. The molecule has 6 heteroatoms. The zero-order chi connectivity index (χ0) is 20.6. The molecule has 2 heterocycles. The molecule has 31 heavy (non-hydrogen) atoms. The van der Waals surface area contributed by atoms with Gasteiger partial charge in [0.15, 0.2) is 6.54 Å². The fourth-order valence-corrected chi connectivity index (χ4v) is 5.37. The monoisotopic (exact) mass is 461 g/mol. The Morgan fingerprint density at radius 1 is 0.903 bits per heavy atom. The zero-order valence-corrected chi connectivity index (χ0v) is 20.3. The number of halogens is 2. The number of nitrogens with zero attached hydrogens (tertiary/aromatic N) is 1. The summed E-state index contributed by atoms with van der Waals surface area (Å²) in [4.78, 5) is 15.4. The SMILES string of the molecule is CC1(C)CC([NH2+]CC(=O)N2c3ccccc3C=Cc3ccccc32)CC(C)(C)[NH2+]1.[Cl-].[Cl-]. The van der Waals surface area contributed by atoms with Gasteiger partial charge in [-0.15, -0.1) is 0 Å². The second-order valence-electron chi connectivity index (χ2n) is 9.91. The number of hydrogen-bond donors (Lipinski definition) is 2. The Balaban J connectivity index is 0.00000171. The Bertz CT molecular complexity index is 890. The lowest BCUT2D eigenvalue weighted by Crippen LogP contribution is -3.09. The Morgan fingerprint density at radius 3 is 1.84 bits per heavy atom. The third-order valence-electron chi connectivity index (χ3n) is 6.03. The third-order valence-corrected chi connectivity index (χ3v) is 6.03. The van der Waals surface area contributed by atoms with Crippen molar-refractivity contribution in [3.8, 4) is 0 Å². The molecular formula is C25H33Cl2N3O. The molecular weight excluding hydrogens is 429 g/mol. The highest BCUT2D eigenvalue weighted by Gasteiger charge is 2.43. The van der Waals surface area contributed by atoms with Crippen LogP contribution in [0.5, 0.6) is 0 Å². The van der Waals surface area contributed by atoms with Gasteiger partial charge in [-0.1, -0.05) is 48.6 Å². The highest BCUT2D eigenvalue weighted by molar-refractivity contribution is 6.06. The van der Waals surface area contributed by atoms with E-state index in [1.165, 1.54) is 0 Å². The average molecular weight is 462 g/mol. The molecule has 0 bridgehead atoms. The molecule has 0 aromatic heterocycles. The first-order valence-electron chi connectivity index (χ1n) is 10.6. The molecule has 0 spiro atoms. The van der Waals surface area contributed by atoms with Crippen LogP contribution in [0.3, 0.4) is 0 Å². The van der Waals surface area contributed by atoms with E-state index < -0.39 is 0 Å². The van der Waals surface area contributed by atoms with E-state index in [4.69, 9.17) is 0 Å². The Labute approximate surface area is 198 Å². The fraction of sp³-hybridized carbons (Fsp3) is 0.400. The van der Waals surface area contributed by atoms with Crippen molar-refractivity contribution in [2.75, 3.05) is 11.4 Å². The molecule has 2 aliphatic rings. The van der Waals surface area contributed by atoms with Crippen molar-refractivity contribution in [1.29, 1.82) is 0 Å². The van der Waals surface area contributed by atoms with Gasteiger partial charge < -0.3 is 35.4 Å². The number of quaternary nitrogens is 2. The molecule has 0 unspecified atom stereocenters. The first kappa shape index (κ1) is 25.4. The van der Waals surface area contributed by atoms with Crippen LogP contribution in [0.4, 0.5) is 11.4 Å². The van der Waals surface area contributed by atoms with Crippen molar-refractivity contribution in [3.63, 3.8) is 0 Å². The van der Waals surface area contributed by atoms with Crippen molar-refractivity contribution in [1.82, 2.24) is 0 Å². The van der Waals surface area contributed by atoms with Crippen molar-refractivity contribution in [3.05, 3.63) is 59.7 Å². The molecule has 0 saturated carbocycles. The first-order valence-corrected chi connectivity index (χ1v) is 10.6. The number of carbonyl (C=O) groups excluding carboxylic acids is 1. The van der Waals surface area contributed by atoms with Crippen molar-refractivity contribution in [2.45, 2.75) is 57.7 Å². The van der Waals surface area contributed by atoms with Crippen LogP contribution in [-0.2, 0) is 4.79 Å². The highest BCUT2D eigenvalue weighted by atomic mass is 35.5. The lowest BCUT2D eigenvalue weighted by molar-refractivity contribution is -0.812. The lowest BCUT2D eigenvalue weighted by atomic mass is 9.79. The molecule has 4 N–H and O–H groups in total. The number of carbonyl (C=O) groups is 1. The molecule has 2 aliphatic heterocycles. The summed E-state index contributed by atoms with van der Waals surface area (Å²) in [6.45, 7) is 9.69. The number of anilines is 2. The summed E-state index contributed by atoms with van der Waals surface area (Å²) in [5, 5.41) is 4.75. The Hall–Kier alpha value is -1.85. The quantitative estimate of drug-likeness (QED) is 0.494. The van der Waals surface area contributed by atoms with Crippen molar-refractivity contribution in [2.24, 2.45) is 0 Å². The zero-order valence-electron chi connectivity index (χ0n) is 18.7. The third kappa shape index (κ3) is 5.69. The number of piperidine rings is 1. The van der Waals surface area contributed by atoms with Crippen LogP contribution in [0.15, 0.2) is 48.5 Å². The van der Waals surface area contributed by atoms with E-state index in [1.54, 1.807) is 0 Å². The summed E-state index contributed by atoms with van der Waals surface area (Å²) in [5.74, 6) is 0.138. The van der Waals surface area contributed by atoms with Crippen LogP contribution in [0.1, 0.15) is 51.7 Å². The highest BCUT2D eigenvalue weighted by Crippen LogP contribution is 2.36. The van der Waals surface area contributed by atoms with Gasteiger partial charge in [0.25, 0.3) is 5.91 Å². The smallest absolute Gasteiger partial charge is 0.286 e. The summed E-state index contributed by atoms with van der Waals surface area (Å²) in [5.41, 5.74) is 4.49. The molecule has 4 rings (SSSR count). The van der Waals surface area contributed by atoms with Crippen molar-refractivity contribution < 1.29 is 40.2 Å². The van der Waals surface area contributed by atoms with Crippen LogP contribution in [-0.4, -0.2) is 29.6 Å². The Morgan fingerprint density at radius 2 is 1.35 bits per heavy atom. The summed E-state index contributed by atoms with van der Waals surface area (Å²) < 4.78 is 0. The molecule has 168 valence electrons. The van der Waals surface area contributed by atoms with Gasteiger partial charge in [-0.3, -0.25) is 9.69 Å². The molecule has 0 radical (unpaired) electrons. The van der Waals surface area contributed by atoms with E-state index in [0.717, 1.165) is 35.3 Å². The largest absolute Gasteiger partial charge is 1.00 e. The molecule has 4 nitrogen and oxygen atoms in total. The topological polar surface area (TPSA) is 53.5 Å². The predicted molar refractivity (Wildman–Crippen MR) is 119 cm³/mol. The van der Waals surface area contributed by atoms with Gasteiger partial charge in [0.1, 0.15) is 0 Å². The lowest BCUT2D eigenvalue weighted by Gasteiger charge is -2.41. The Kier molecular flexibility index (Phi) is 7.99. The van der Waals surface area contributed by atoms with E-state index in [0.29, 0.717) is 12.6 Å². The summed E-state index contributed by atoms with van der Waals surface area (Å²) in [6.07, 6.45) is 6.43. The summed E-state index contributed by atoms with van der Waals surface area (Å²) in [7, 11) is 0. The van der Waals surface area contributed by atoms with Crippen LogP contribution < -0.4 is 40.3 Å². The maximum Gasteiger partial charge on any atom is 0.286 e. The summed E-state index contributed by atoms with van der Waals surface area (Å²) >= 11 is 0. The van der Waals surface area contributed by atoms with Gasteiger partial charge in [-0.2, -0.15) is 0 Å². The molecule has 1 fully saturated rings. The number of para-hydroxylation sites is 2. The maximum absolute atomic E-state index is 13.5. The predicted octanol–water partition coefficient (Wildman–Crippen LogP) is -3.31. The number of nitrogens with two attached hydrogens (primary N) is 2. The summed E-state index contributed by atoms with van der Waals surface area (Å²) in [6, 6.07) is 16.8. The fourth-order valence-electron chi connectivity index (χ4n) is 5.37. The molecule has 1 amide bonds. The van der Waals surface area contributed by atoms with Crippen molar-refractivity contribution >= 4 is 29.4 Å². The van der Waals surface area contributed by atoms with Gasteiger partial charge in [0.05, 0.1) is 41.3 Å². The van der Waals surface area contributed by atoms with Crippen LogP contribution in [0.2, 0.25) is 0 Å². The van der Waals surface area contributed by atoms with E-state index >= 15 is 0 Å². The molecule has 1 saturated heterocycles. The minimum absolute atomic E-state index is 0. The average Bonchev–Trinajstić information content (AvgIpc) is 2.80. The maximum atomic E-state index is 13.5. The van der Waals surface area contributed by atoms with Gasteiger partial charge in [0.2, 0.25) is 0 Å². The molecule has 2 aromatic carbocycles. The van der Waals surface area contributed by atoms with Crippen LogP contribution in [0, 0.1) is 0 Å². The van der Waals surface area contributed by atoms with E-state index in [2.05, 4.69) is 62.6 Å². The molecule has 0 aliphatic carbocycles. The normalized spacial score (nSPS) is 18.6. The second kappa shape index (κ2) is 9.74. The van der Waals surface area contributed by atoms with Gasteiger partial charge in [-0.05, 0) is 51.0 Å². The van der Waals surface area contributed by atoms with Crippen LogP contribution in [0.25, 0.3) is 12.2 Å². The van der Waals surface area contributed by atoms with Gasteiger partial charge >= 0.3 is 0 Å². The van der Waals surface area contributed by atoms with E-state index in [-0.39, 0.29) is 41.8 Å². The van der Waals surface area contributed by atoms with E-state index in [9.17, 15) is 4.79 Å². The van der Waals surface area contributed by atoms with E-state index in [1.807, 2.05) is 41.3 Å². The second-order valence-corrected chi connectivity index (χ2v) is 9.91. The molecule has 2 aromatic rings. The van der Waals surface area contributed by atoms with Gasteiger partial charge in [0, 0.05) is 0 Å². The molecule has 0 atom stereocenters. The minimum atomic E-state index is 0. The number of rotatable bonds is 3. The standard InChI is InChI=1S/C25H31N3O.2ClH/c1-24(2)15-20(16-25(3,4)27-24)26-17-23(29)28-21-11-7-5-9-18(21)13-14-19-10-6-8-12-22(19)28;;/h5-14,20,26-27H,15-17H2,1-4H3;2*1H. The number of amides is 1.